The zero-order valence-electron chi connectivity index (χ0n) is 11.1. The summed E-state index contributed by atoms with van der Waals surface area (Å²) in [4.78, 5) is 0. The number of methoxy groups -OCH3 is 1. The van der Waals surface area contributed by atoms with Crippen LogP contribution in [0.1, 0.15) is 42.5 Å². The van der Waals surface area contributed by atoms with Crippen molar-refractivity contribution in [2.75, 3.05) is 14.2 Å². The van der Waals surface area contributed by atoms with Gasteiger partial charge in [0.1, 0.15) is 5.75 Å². The first-order chi connectivity index (χ1) is 7.63. The predicted octanol–water partition coefficient (Wildman–Crippen LogP) is 3.37. The number of hydrogen-bond acceptors (Lipinski definition) is 2. The minimum absolute atomic E-state index is 0.389. The summed E-state index contributed by atoms with van der Waals surface area (Å²) in [7, 11) is 3.76. The largest absolute Gasteiger partial charge is 0.496 e. The van der Waals surface area contributed by atoms with Gasteiger partial charge in [0, 0.05) is 11.6 Å². The molecule has 1 atom stereocenters. The van der Waals surface area contributed by atoms with Crippen LogP contribution in [0.15, 0.2) is 12.1 Å². The summed E-state index contributed by atoms with van der Waals surface area (Å²) in [6, 6.07) is 4.72. The van der Waals surface area contributed by atoms with Gasteiger partial charge in [-0.15, -0.1) is 0 Å². The molecule has 90 valence electrons. The first-order valence-corrected chi connectivity index (χ1v) is 5.96. The van der Waals surface area contributed by atoms with Crippen molar-refractivity contribution in [2.45, 2.75) is 39.7 Å². The number of ether oxygens (including phenoxy) is 1. The summed E-state index contributed by atoms with van der Waals surface area (Å²) in [5.41, 5.74) is 3.87. The lowest BCUT2D eigenvalue weighted by Gasteiger charge is -2.21. The molecule has 0 spiro atoms. The third kappa shape index (κ3) is 2.76. The number of rotatable bonds is 5. The minimum Gasteiger partial charge on any atom is -0.496 e. The smallest absolute Gasteiger partial charge is 0.124 e. The molecule has 1 rings (SSSR count). The van der Waals surface area contributed by atoms with Gasteiger partial charge in [-0.05, 0) is 44.5 Å². The van der Waals surface area contributed by atoms with Gasteiger partial charge in [0.2, 0.25) is 0 Å². The molecule has 0 amide bonds. The summed E-state index contributed by atoms with van der Waals surface area (Å²) >= 11 is 0. The van der Waals surface area contributed by atoms with Crippen LogP contribution >= 0.6 is 0 Å². The van der Waals surface area contributed by atoms with Gasteiger partial charge in [0.25, 0.3) is 0 Å². The van der Waals surface area contributed by atoms with Crippen molar-refractivity contribution in [3.8, 4) is 5.75 Å². The van der Waals surface area contributed by atoms with Gasteiger partial charge in [-0.25, -0.2) is 0 Å². The molecule has 1 N–H and O–H groups in total. The second-order valence-corrected chi connectivity index (χ2v) is 4.33. The van der Waals surface area contributed by atoms with E-state index in [1.165, 1.54) is 23.1 Å². The van der Waals surface area contributed by atoms with Crippen LogP contribution in [-0.4, -0.2) is 14.2 Å². The Labute approximate surface area is 99.0 Å². The standard InChI is InChI=1S/C14H23NO/c1-6-7-12(15-4)14-11(3)8-10(2)9-13(14)16-5/h8-9,12,15H,6-7H2,1-5H3. The Morgan fingerprint density at radius 3 is 2.50 bits per heavy atom. The average Bonchev–Trinajstić information content (AvgIpc) is 2.25. The molecule has 2 nitrogen and oxygen atoms in total. The fourth-order valence-electron chi connectivity index (χ4n) is 2.28. The van der Waals surface area contributed by atoms with E-state index in [2.05, 4.69) is 38.2 Å². The highest BCUT2D eigenvalue weighted by Gasteiger charge is 2.16. The molecule has 0 aliphatic rings. The molecule has 0 aliphatic heterocycles. The molecule has 0 bridgehead atoms. The molecular weight excluding hydrogens is 198 g/mol. The van der Waals surface area contributed by atoms with E-state index in [-0.39, 0.29) is 0 Å². The van der Waals surface area contributed by atoms with Gasteiger partial charge >= 0.3 is 0 Å². The van der Waals surface area contributed by atoms with Gasteiger partial charge in [-0.3, -0.25) is 0 Å². The monoisotopic (exact) mass is 221 g/mol. The number of benzene rings is 1. The molecule has 2 heteroatoms. The summed E-state index contributed by atoms with van der Waals surface area (Å²) in [5, 5.41) is 3.37. The lowest BCUT2D eigenvalue weighted by Crippen LogP contribution is -2.18. The van der Waals surface area contributed by atoms with Crippen molar-refractivity contribution in [1.29, 1.82) is 0 Å². The summed E-state index contributed by atoms with van der Waals surface area (Å²) in [6.07, 6.45) is 2.30. The molecule has 0 aliphatic carbocycles. The second kappa shape index (κ2) is 5.90. The van der Waals surface area contributed by atoms with E-state index >= 15 is 0 Å². The maximum absolute atomic E-state index is 5.50. The molecular formula is C14H23NO. The highest BCUT2D eigenvalue weighted by molar-refractivity contribution is 5.45. The van der Waals surface area contributed by atoms with Gasteiger partial charge in [-0.2, -0.15) is 0 Å². The van der Waals surface area contributed by atoms with E-state index < -0.39 is 0 Å². The molecule has 0 aromatic heterocycles. The highest BCUT2D eigenvalue weighted by atomic mass is 16.5. The zero-order valence-corrected chi connectivity index (χ0v) is 11.1. The van der Waals surface area contributed by atoms with Gasteiger partial charge in [0.05, 0.1) is 7.11 Å². The first kappa shape index (κ1) is 13.0. The molecule has 1 unspecified atom stereocenters. The Morgan fingerprint density at radius 1 is 1.31 bits per heavy atom. The Hall–Kier alpha value is -1.02. The lowest BCUT2D eigenvalue weighted by molar-refractivity contribution is 0.397. The van der Waals surface area contributed by atoms with Crippen LogP contribution in [0.5, 0.6) is 5.75 Å². The minimum atomic E-state index is 0.389. The van der Waals surface area contributed by atoms with E-state index in [1.807, 2.05) is 7.05 Å². The number of hydrogen-bond donors (Lipinski definition) is 1. The third-order valence-corrected chi connectivity index (χ3v) is 2.99. The van der Waals surface area contributed by atoms with Crippen LogP contribution in [0.4, 0.5) is 0 Å². The third-order valence-electron chi connectivity index (χ3n) is 2.99. The Morgan fingerprint density at radius 2 is 2.00 bits per heavy atom. The van der Waals surface area contributed by atoms with E-state index in [0.717, 1.165) is 12.2 Å². The molecule has 1 aromatic carbocycles. The summed E-state index contributed by atoms with van der Waals surface area (Å²) < 4.78 is 5.50. The van der Waals surface area contributed by atoms with Crippen LogP contribution < -0.4 is 10.1 Å². The van der Waals surface area contributed by atoms with Gasteiger partial charge in [-0.1, -0.05) is 19.4 Å². The van der Waals surface area contributed by atoms with Crippen molar-refractivity contribution in [3.05, 3.63) is 28.8 Å². The first-order valence-electron chi connectivity index (χ1n) is 5.96. The molecule has 16 heavy (non-hydrogen) atoms. The van der Waals surface area contributed by atoms with Crippen molar-refractivity contribution in [1.82, 2.24) is 5.32 Å². The van der Waals surface area contributed by atoms with Gasteiger partial charge < -0.3 is 10.1 Å². The number of aryl methyl sites for hydroxylation is 2. The average molecular weight is 221 g/mol. The Balaban J connectivity index is 3.18. The topological polar surface area (TPSA) is 21.3 Å². The highest BCUT2D eigenvalue weighted by Crippen LogP contribution is 2.32. The van der Waals surface area contributed by atoms with Crippen molar-refractivity contribution >= 4 is 0 Å². The van der Waals surface area contributed by atoms with Crippen LogP contribution in [0.2, 0.25) is 0 Å². The van der Waals surface area contributed by atoms with E-state index in [0.29, 0.717) is 6.04 Å². The fraction of sp³-hybridized carbons (Fsp3) is 0.571. The van der Waals surface area contributed by atoms with Crippen molar-refractivity contribution in [3.63, 3.8) is 0 Å². The van der Waals surface area contributed by atoms with Crippen molar-refractivity contribution in [2.24, 2.45) is 0 Å². The van der Waals surface area contributed by atoms with Crippen LogP contribution in [0, 0.1) is 13.8 Å². The molecule has 0 heterocycles. The maximum Gasteiger partial charge on any atom is 0.124 e. The van der Waals surface area contributed by atoms with Gasteiger partial charge in [0.15, 0.2) is 0 Å². The molecule has 0 radical (unpaired) electrons. The van der Waals surface area contributed by atoms with E-state index in [1.54, 1.807) is 7.11 Å². The summed E-state index contributed by atoms with van der Waals surface area (Å²) in [6.45, 7) is 6.47. The summed E-state index contributed by atoms with van der Waals surface area (Å²) in [5.74, 6) is 1.00. The zero-order chi connectivity index (χ0) is 12.1. The van der Waals surface area contributed by atoms with E-state index in [9.17, 15) is 0 Å². The van der Waals surface area contributed by atoms with Crippen molar-refractivity contribution < 1.29 is 4.74 Å². The maximum atomic E-state index is 5.50. The Bertz CT molecular complexity index is 347. The quantitative estimate of drug-likeness (QED) is 0.823. The molecule has 0 fully saturated rings. The van der Waals surface area contributed by atoms with Crippen LogP contribution in [0.25, 0.3) is 0 Å². The Kier molecular flexibility index (Phi) is 4.81. The number of nitrogens with one attached hydrogen (secondary N) is 1. The lowest BCUT2D eigenvalue weighted by atomic mass is 9.95. The van der Waals surface area contributed by atoms with Crippen LogP contribution in [-0.2, 0) is 0 Å². The molecule has 0 saturated carbocycles. The normalized spacial score (nSPS) is 12.6. The van der Waals surface area contributed by atoms with Crippen LogP contribution in [0.3, 0.4) is 0 Å². The van der Waals surface area contributed by atoms with E-state index in [4.69, 9.17) is 4.74 Å². The fourth-order valence-corrected chi connectivity index (χ4v) is 2.28. The second-order valence-electron chi connectivity index (χ2n) is 4.33. The molecule has 0 saturated heterocycles. The SMILES string of the molecule is CCCC(NC)c1c(C)cc(C)cc1OC. The molecule has 1 aromatic rings. The predicted molar refractivity (Wildman–Crippen MR) is 69.2 cm³/mol.